The average Bonchev–Trinajstić information content (AvgIpc) is 2.40. The molecule has 19 heavy (non-hydrogen) atoms. The van der Waals surface area contributed by atoms with Crippen molar-refractivity contribution in [3.63, 3.8) is 0 Å². The highest BCUT2D eigenvalue weighted by molar-refractivity contribution is 5.77. The van der Waals surface area contributed by atoms with Crippen LogP contribution in [0.4, 0.5) is 11.4 Å². The molecule has 0 radical (unpaired) electrons. The van der Waals surface area contributed by atoms with E-state index < -0.39 is 0 Å². The molecule has 3 heteroatoms. The normalized spacial score (nSPS) is 10.8. The van der Waals surface area contributed by atoms with Gasteiger partial charge in [0.25, 0.3) is 0 Å². The smallest absolute Gasteiger partial charge is 0.119 e. The highest BCUT2D eigenvalue weighted by Crippen LogP contribution is 2.19. The zero-order chi connectivity index (χ0) is 13.7. The molecule has 2 aromatic carbocycles. The van der Waals surface area contributed by atoms with E-state index in [0.717, 1.165) is 16.9 Å². The first-order valence-corrected chi connectivity index (χ1v) is 6.25. The standard InChI is InChI=1S/C16H18N2O/c1-2-19-15-9-4-12(5-10-15)3-6-13-7-8-14(17)11-16(13)18/h3-11H,2,17-18H2,1H3. The van der Waals surface area contributed by atoms with E-state index >= 15 is 0 Å². The molecule has 0 saturated carbocycles. The molecule has 0 atom stereocenters. The molecule has 98 valence electrons. The van der Waals surface area contributed by atoms with Crippen LogP contribution in [0.1, 0.15) is 18.1 Å². The van der Waals surface area contributed by atoms with Crippen LogP contribution in [-0.4, -0.2) is 6.61 Å². The SMILES string of the molecule is CCOc1ccc(C=Cc2ccc(N)cc2N)cc1. The highest BCUT2D eigenvalue weighted by Gasteiger charge is 1.96. The number of nitrogen functional groups attached to an aromatic ring is 2. The van der Waals surface area contributed by atoms with E-state index in [1.807, 2.05) is 55.5 Å². The molecule has 0 saturated heterocycles. The van der Waals surface area contributed by atoms with Gasteiger partial charge in [0.05, 0.1) is 6.61 Å². The summed E-state index contributed by atoms with van der Waals surface area (Å²) in [5.74, 6) is 0.881. The largest absolute Gasteiger partial charge is 0.494 e. The van der Waals surface area contributed by atoms with Gasteiger partial charge in [0.15, 0.2) is 0 Å². The van der Waals surface area contributed by atoms with E-state index in [1.54, 1.807) is 6.07 Å². The fourth-order valence-corrected chi connectivity index (χ4v) is 1.77. The molecule has 2 aromatic rings. The maximum atomic E-state index is 5.90. The van der Waals surface area contributed by atoms with Gasteiger partial charge in [-0.05, 0) is 42.3 Å². The van der Waals surface area contributed by atoms with Crippen LogP contribution < -0.4 is 16.2 Å². The Morgan fingerprint density at radius 1 is 1.00 bits per heavy atom. The highest BCUT2D eigenvalue weighted by atomic mass is 16.5. The molecule has 0 aromatic heterocycles. The Kier molecular flexibility index (Phi) is 4.08. The van der Waals surface area contributed by atoms with Crippen molar-refractivity contribution in [2.24, 2.45) is 0 Å². The monoisotopic (exact) mass is 254 g/mol. The fourth-order valence-electron chi connectivity index (χ4n) is 1.77. The van der Waals surface area contributed by atoms with Crippen LogP contribution >= 0.6 is 0 Å². The molecule has 0 aliphatic heterocycles. The van der Waals surface area contributed by atoms with Gasteiger partial charge in [-0.1, -0.05) is 30.4 Å². The molecule has 2 rings (SSSR count). The van der Waals surface area contributed by atoms with Gasteiger partial charge in [0.2, 0.25) is 0 Å². The molecule has 0 aliphatic carbocycles. The van der Waals surface area contributed by atoms with Crippen LogP contribution in [-0.2, 0) is 0 Å². The van der Waals surface area contributed by atoms with Gasteiger partial charge in [-0.15, -0.1) is 0 Å². The number of hydrogen-bond acceptors (Lipinski definition) is 3. The zero-order valence-corrected chi connectivity index (χ0v) is 11.0. The minimum absolute atomic E-state index is 0.677. The average molecular weight is 254 g/mol. The summed E-state index contributed by atoms with van der Waals surface area (Å²) in [5.41, 5.74) is 15.0. The summed E-state index contributed by atoms with van der Waals surface area (Å²) < 4.78 is 5.40. The first-order chi connectivity index (χ1) is 9.19. The predicted molar refractivity (Wildman–Crippen MR) is 81.8 cm³/mol. The Morgan fingerprint density at radius 3 is 2.37 bits per heavy atom. The Labute approximate surface area is 113 Å². The van der Waals surface area contributed by atoms with Gasteiger partial charge in [-0.3, -0.25) is 0 Å². The van der Waals surface area contributed by atoms with Gasteiger partial charge in [-0.2, -0.15) is 0 Å². The van der Waals surface area contributed by atoms with Gasteiger partial charge in [0.1, 0.15) is 5.75 Å². The second-order valence-corrected chi connectivity index (χ2v) is 4.22. The van der Waals surface area contributed by atoms with Crippen molar-refractivity contribution in [3.8, 4) is 5.75 Å². The molecule has 3 nitrogen and oxygen atoms in total. The topological polar surface area (TPSA) is 61.3 Å². The third-order valence-corrected chi connectivity index (χ3v) is 2.76. The number of nitrogens with two attached hydrogens (primary N) is 2. The lowest BCUT2D eigenvalue weighted by Gasteiger charge is -2.03. The van der Waals surface area contributed by atoms with Crippen molar-refractivity contribution >= 4 is 23.5 Å². The second kappa shape index (κ2) is 5.96. The number of ether oxygens (including phenoxy) is 1. The fraction of sp³-hybridized carbons (Fsp3) is 0.125. The molecule has 4 N–H and O–H groups in total. The Morgan fingerprint density at radius 2 is 1.74 bits per heavy atom. The molecule has 0 amide bonds. The number of rotatable bonds is 4. The van der Waals surface area contributed by atoms with E-state index in [1.165, 1.54) is 0 Å². The van der Waals surface area contributed by atoms with Crippen molar-refractivity contribution in [2.75, 3.05) is 18.1 Å². The summed E-state index contributed by atoms with van der Waals surface area (Å²) in [4.78, 5) is 0. The summed E-state index contributed by atoms with van der Waals surface area (Å²) in [5, 5.41) is 0. The van der Waals surface area contributed by atoms with Crippen LogP contribution in [0.2, 0.25) is 0 Å². The number of benzene rings is 2. The molecule has 0 aliphatic rings. The minimum atomic E-state index is 0.677. The lowest BCUT2D eigenvalue weighted by molar-refractivity contribution is 0.340. The van der Waals surface area contributed by atoms with Crippen molar-refractivity contribution in [1.82, 2.24) is 0 Å². The van der Waals surface area contributed by atoms with Crippen LogP contribution in [0.15, 0.2) is 42.5 Å². The molecule has 0 heterocycles. The summed E-state index contributed by atoms with van der Waals surface area (Å²) in [6.45, 7) is 2.65. The van der Waals surface area contributed by atoms with Gasteiger partial charge in [-0.25, -0.2) is 0 Å². The molecule has 0 bridgehead atoms. The number of hydrogen-bond donors (Lipinski definition) is 2. The van der Waals surface area contributed by atoms with Crippen LogP contribution in [0.25, 0.3) is 12.2 Å². The summed E-state index contributed by atoms with van der Waals surface area (Å²) >= 11 is 0. The maximum absolute atomic E-state index is 5.90. The van der Waals surface area contributed by atoms with Gasteiger partial charge < -0.3 is 16.2 Å². The van der Waals surface area contributed by atoms with E-state index in [4.69, 9.17) is 16.2 Å². The van der Waals surface area contributed by atoms with Crippen molar-refractivity contribution in [2.45, 2.75) is 6.92 Å². The quantitative estimate of drug-likeness (QED) is 0.649. The zero-order valence-electron chi connectivity index (χ0n) is 11.0. The van der Waals surface area contributed by atoms with Crippen LogP contribution in [0, 0.1) is 0 Å². The van der Waals surface area contributed by atoms with Crippen LogP contribution in [0.5, 0.6) is 5.75 Å². The molecular weight excluding hydrogens is 236 g/mol. The van der Waals surface area contributed by atoms with E-state index in [2.05, 4.69) is 0 Å². The minimum Gasteiger partial charge on any atom is -0.494 e. The molecular formula is C16H18N2O. The molecule has 0 fully saturated rings. The van der Waals surface area contributed by atoms with Gasteiger partial charge >= 0.3 is 0 Å². The third kappa shape index (κ3) is 3.52. The Bertz CT molecular complexity index is 574. The molecule has 0 unspecified atom stereocenters. The first-order valence-electron chi connectivity index (χ1n) is 6.25. The predicted octanol–water partition coefficient (Wildman–Crippen LogP) is 3.42. The lowest BCUT2D eigenvalue weighted by atomic mass is 10.1. The van der Waals surface area contributed by atoms with E-state index in [-0.39, 0.29) is 0 Å². The van der Waals surface area contributed by atoms with E-state index in [0.29, 0.717) is 18.0 Å². The molecule has 0 spiro atoms. The number of anilines is 2. The first kappa shape index (κ1) is 13.0. The summed E-state index contributed by atoms with van der Waals surface area (Å²) in [6, 6.07) is 13.4. The van der Waals surface area contributed by atoms with Crippen molar-refractivity contribution in [1.29, 1.82) is 0 Å². The third-order valence-electron chi connectivity index (χ3n) is 2.76. The van der Waals surface area contributed by atoms with Crippen molar-refractivity contribution in [3.05, 3.63) is 53.6 Å². The Hall–Kier alpha value is -2.42. The lowest BCUT2D eigenvalue weighted by Crippen LogP contribution is -1.92. The van der Waals surface area contributed by atoms with E-state index in [9.17, 15) is 0 Å². The van der Waals surface area contributed by atoms with Crippen molar-refractivity contribution < 1.29 is 4.74 Å². The maximum Gasteiger partial charge on any atom is 0.119 e. The summed E-state index contributed by atoms with van der Waals surface area (Å²) in [6.07, 6.45) is 3.99. The van der Waals surface area contributed by atoms with Gasteiger partial charge in [0, 0.05) is 11.4 Å². The summed E-state index contributed by atoms with van der Waals surface area (Å²) in [7, 11) is 0. The van der Waals surface area contributed by atoms with Crippen LogP contribution in [0.3, 0.4) is 0 Å². The Balaban J connectivity index is 2.13. The second-order valence-electron chi connectivity index (χ2n) is 4.22.